The molecule has 0 saturated heterocycles. The summed E-state index contributed by atoms with van der Waals surface area (Å²) >= 11 is 0. The van der Waals surface area contributed by atoms with Gasteiger partial charge in [0.25, 0.3) is 0 Å². The molecule has 0 aliphatic rings. The van der Waals surface area contributed by atoms with E-state index in [-0.39, 0.29) is 34.1 Å². The first-order valence-corrected chi connectivity index (χ1v) is 9.06. The van der Waals surface area contributed by atoms with Crippen molar-refractivity contribution in [2.45, 2.75) is 0 Å². The fourth-order valence-electron chi connectivity index (χ4n) is 1.77. The van der Waals surface area contributed by atoms with Crippen molar-refractivity contribution in [1.29, 1.82) is 0 Å². The zero-order valence-corrected chi connectivity index (χ0v) is 21.2. The van der Waals surface area contributed by atoms with Crippen molar-refractivity contribution in [1.82, 2.24) is 0 Å². The molecule has 0 bridgehead atoms. The molecule has 9 heteroatoms. The van der Waals surface area contributed by atoms with Crippen LogP contribution in [0.5, 0.6) is 0 Å². The topological polar surface area (TPSA) is 119 Å². The quantitative estimate of drug-likeness (QED) is 0.196. The first kappa shape index (κ1) is 49.4. The molecule has 0 saturated carbocycles. The van der Waals surface area contributed by atoms with E-state index in [2.05, 4.69) is 113 Å². The third-order valence-electron chi connectivity index (χ3n) is 2.81. The second-order valence-electron chi connectivity index (χ2n) is 4.40. The van der Waals surface area contributed by atoms with E-state index >= 15 is 0 Å². The van der Waals surface area contributed by atoms with Gasteiger partial charge in [-0.15, -0.1) is 12.1 Å². The van der Waals surface area contributed by atoms with Crippen LogP contribution in [0.3, 0.4) is 0 Å². The predicted molar refractivity (Wildman–Crippen MR) is 118 cm³/mol. The molecule has 0 fully saturated rings. The van der Waals surface area contributed by atoms with Gasteiger partial charge in [-0.2, -0.15) is 30.4 Å². The van der Waals surface area contributed by atoms with Gasteiger partial charge in [0.1, 0.15) is 0 Å². The van der Waals surface area contributed by atoms with Crippen molar-refractivity contribution in [3.05, 3.63) is 149 Å². The maximum atomic E-state index is 7.50. The van der Waals surface area contributed by atoms with E-state index in [9.17, 15) is 0 Å². The van der Waals surface area contributed by atoms with E-state index in [1.54, 1.807) is 0 Å². The summed E-state index contributed by atoms with van der Waals surface area (Å²) in [6.07, 6.45) is 2.78. The fraction of sp³-hybridized carbons (Fsp3) is 0. The third-order valence-corrected chi connectivity index (χ3v) is 4.06. The van der Waals surface area contributed by atoms with Crippen LogP contribution in [-0.4, -0.2) is 0 Å². The van der Waals surface area contributed by atoms with Gasteiger partial charge in [-0.05, 0) is 10.6 Å². The Balaban J connectivity index is -0.0000000624. The largest absolute Gasteiger partial charge is 0.0622 e. The van der Waals surface area contributed by atoms with E-state index in [4.69, 9.17) is 27.9 Å². The Morgan fingerprint density at radius 2 is 0.686 bits per heavy atom. The molecular weight excluding hydrogens is 551 g/mol. The summed E-state index contributed by atoms with van der Waals surface area (Å²) in [6.45, 7) is 30.5. The summed E-state index contributed by atoms with van der Waals surface area (Å²) in [5.74, 6) is 0. The van der Waals surface area contributed by atoms with Crippen LogP contribution in [-0.2, 0) is 62.1 Å². The van der Waals surface area contributed by atoms with Gasteiger partial charge in [0, 0.05) is 34.1 Å². The standard InChI is InChI=1S/C12H11P.C8H7.6CO.2Fe/c1-3-7-11(8-4-1)13-12-9-5-2-6-10-12;1-2-8-6-4-3-5-7-8;6*1-2;;/h1-10,13H;3-7H,1H2;;;;;;;;/q;-1;;;;;;;;. The van der Waals surface area contributed by atoms with E-state index in [0.29, 0.717) is 0 Å². The molecule has 3 aromatic carbocycles. The summed E-state index contributed by atoms with van der Waals surface area (Å²) < 4.78 is 45.0. The number of hydrogen-bond acceptors (Lipinski definition) is 0. The molecular formula is C26H18Fe2O6P-. The zero-order valence-electron chi connectivity index (χ0n) is 18.0. The average molecular weight is 569 g/mol. The van der Waals surface area contributed by atoms with Gasteiger partial charge in [-0.25, -0.2) is 0 Å². The predicted octanol–water partition coefficient (Wildman–Crippen LogP) is 4.11. The molecule has 0 spiro atoms. The summed E-state index contributed by atoms with van der Waals surface area (Å²) in [4.78, 5) is 0. The van der Waals surface area contributed by atoms with Crippen LogP contribution in [0.4, 0.5) is 0 Å². The normalized spacial score (nSPS) is 5.94. The Labute approximate surface area is 229 Å². The van der Waals surface area contributed by atoms with E-state index in [1.807, 2.05) is 30.3 Å². The first-order valence-electron chi connectivity index (χ1n) is 8.06. The smallest absolute Gasteiger partial charge is 0 e. The molecule has 0 aliphatic heterocycles. The van der Waals surface area contributed by atoms with Crippen molar-refractivity contribution in [2.75, 3.05) is 0 Å². The van der Waals surface area contributed by atoms with Crippen molar-refractivity contribution >= 4 is 19.2 Å². The van der Waals surface area contributed by atoms with Crippen LogP contribution in [0.15, 0.2) is 97.6 Å². The minimum absolute atomic E-state index is 0. The number of hydrogen-bond donors (Lipinski definition) is 0. The molecule has 6 nitrogen and oxygen atoms in total. The average Bonchev–Trinajstić information content (AvgIpc) is 2.97. The van der Waals surface area contributed by atoms with E-state index < -0.39 is 0 Å². The maximum absolute atomic E-state index is 7.50. The Morgan fingerprint density at radius 3 is 0.886 bits per heavy atom. The Hall–Kier alpha value is -2.69. The molecule has 180 valence electrons. The van der Waals surface area contributed by atoms with Gasteiger partial charge in [-0.3, -0.25) is 0 Å². The summed E-state index contributed by atoms with van der Waals surface area (Å²) in [5, 5.41) is 2.79. The van der Waals surface area contributed by atoms with Crippen LogP contribution in [0.25, 0.3) is 0 Å². The van der Waals surface area contributed by atoms with Crippen molar-refractivity contribution < 1.29 is 62.1 Å². The van der Waals surface area contributed by atoms with Crippen molar-refractivity contribution in [2.24, 2.45) is 0 Å². The molecule has 0 atom stereocenters. The molecule has 0 radical (unpaired) electrons. The SMILES string of the molecule is C=[C-]c1ccccc1.[C-]#[O+].[C-]#[O+].[C-]#[O+].[C-]#[O+].[C-]#[O+].[C-]#[O+].[Fe].[Fe].c1ccc(Pc2ccccc2)cc1. The second-order valence-corrected chi connectivity index (χ2v) is 5.80. The van der Waals surface area contributed by atoms with Gasteiger partial charge >= 0.3 is 67.8 Å². The van der Waals surface area contributed by atoms with Gasteiger partial charge in [0.2, 0.25) is 0 Å². The van der Waals surface area contributed by atoms with Crippen LogP contribution in [0, 0.1) is 46.0 Å². The van der Waals surface area contributed by atoms with Gasteiger partial charge < -0.3 is 0 Å². The maximum Gasteiger partial charge on any atom is 0 e. The van der Waals surface area contributed by atoms with Crippen LogP contribution < -0.4 is 10.6 Å². The zero-order chi connectivity index (χ0) is 26.8. The minimum Gasteiger partial charge on any atom is -0.0622 e. The monoisotopic (exact) mass is 569 g/mol. The molecule has 35 heavy (non-hydrogen) atoms. The number of benzene rings is 3. The number of rotatable bonds is 3. The third kappa shape index (κ3) is 36.1. The molecule has 0 unspecified atom stereocenters. The molecule has 3 aromatic rings. The van der Waals surface area contributed by atoms with Crippen molar-refractivity contribution in [3.63, 3.8) is 0 Å². The minimum atomic E-state index is 0. The molecule has 0 heterocycles. The fourth-order valence-corrected chi connectivity index (χ4v) is 2.82. The summed E-state index contributed by atoms with van der Waals surface area (Å²) in [7, 11) is 0.777. The van der Waals surface area contributed by atoms with Crippen LogP contribution in [0.1, 0.15) is 5.56 Å². The van der Waals surface area contributed by atoms with Gasteiger partial charge in [0.05, 0.1) is 0 Å². The Bertz CT molecular complexity index is 824. The molecule has 0 N–H and O–H groups in total. The first-order chi connectivity index (χ1) is 16.4. The van der Waals surface area contributed by atoms with E-state index in [0.717, 1.165) is 14.1 Å². The van der Waals surface area contributed by atoms with Gasteiger partial charge in [-0.1, -0.05) is 75.3 Å². The summed E-state index contributed by atoms with van der Waals surface area (Å²) in [5.41, 5.74) is 1.05. The second kappa shape index (κ2) is 52.9. The Morgan fingerprint density at radius 1 is 0.457 bits per heavy atom. The van der Waals surface area contributed by atoms with Crippen LogP contribution >= 0.6 is 8.58 Å². The molecule has 3 rings (SSSR count). The van der Waals surface area contributed by atoms with Crippen molar-refractivity contribution in [3.8, 4) is 0 Å². The summed E-state index contributed by atoms with van der Waals surface area (Å²) in [6, 6.07) is 31.0. The Kier molecular flexibility index (Phi) is 74.8. The molecule has 0 amide bonds. The van der Waals surface area contributed by atoms with E-state index in [1.165, 1.54) is 10.6 Å². The molecule has 0 aromatic heterocycles. The van der Waals surface area contributed by atoms with Crippen LogP contribution in [0.2, 0.25) is 0 Å². The molecule has 0 aliphatic carbocycles. The van der Waals surface area contributed by atoms with Gasteiger partial charge in [0.15, 0.2) is 0 Å².